The first-order valence-electron chi connectivity index (χ1n) is 19.1. The summed E-state index contributed by atoms with van der Waals surface area (Å²) in [6.07, 6.45) is -0.251. The zero-order valence-corrected chi connectivity index (χ0v) is 30.7. The molecule has 0 spiro atoms. The van der Waals surface area contributed by atoms with Gasteiger partial charge in [-0.2, -0.15) is 0 Å². The van der Waals surface area contributed by atoms with Crippen molar-refractivity contribution < 1.29 is 4.74 Å². The molecule has 10 aromatic rings. The van der Waals surface area contributed by atoms with Crippen LogP contribution in [0.15, 0.2) is 188 Å². The maximum atomic E-state index is 6.42. The molecule has 0 radical (unpaired) electrons. The van der Waals surface area contributed by atoms with Gasteiger partial charge in [0.15, 0.2) is 23.7 Å². The average Bonchev–Trinajstić information content (AvgIpc) is 3.74. The normalized spacial score (nSPS) is 13.4. The van der Waals surface area contributed by atoms with Crippen LogP contribution in [0.3, 0.4) is 0 Å². The second kappa shape index (κ2) is 13.6. The summed E-state index contributed by atoms with van der Waals surface area (Å²) in [7, 11) is 0. The molecule has 0 bridgehead atoms. The first-order valence-corrected chi connectivity index (χ1v) is 19.1. The molecule has 6 nitrogen and oxygen atoms in total. The maximum absolute atomic E-state index is 6.42. The number of fused-ring (bicyclic) bond motifs is 6. The van der Waals surface area contributed by atoms with Crippen molar-refractivity contribution in [1.82, 2.24) is 19.9 Å². The number of rotatable bonds is 6. The largest absolute Gasteiger partial charge is 0.464 e. The summed E-state index contributed by atoms with van der Waals surface area (Å²) < 4.78 is 6.42. The number of hydrogen-bond acceptors (Lipinski definition) is 6. The van der Waals surface area contributed by atoms with Gasteiger partial charge in [-0.05, 0) is 52.2 Å². The van der Waals surface area contributed by atoms with Crippen molar-refractivity contribution in [2.75, 3.05) is 5.32 Å². The van der Waals surface area contributed by atoms with Gasteiger partial charge in [0.1, 0.15) is 5.75 Å². The van der Waals surface area contributed by atoms with E-state index in [1.54, 1.807) is 0 Å². The molecular weight excluding hydrogens is 699 g/mol. The second-order valence-electron chi connectivity index (χ2n) is 14.3. The van der Waals surface area contributed by atoms with Crippen molar-refractivity contribution >= 4 is 38.1 Å². The molecule has 1 N–H and O–H groups in total. The molecule has 1 atom stereocenters. The lowest BCUT2D eigenvalue weighted by Crippen LogP contribution is -2.09. The van der Waals surface area contributed by atoms with Crippen molar-refractivity contribution in [3.63, 3.8) is 0 Å². The van der Waals surface area contributed by atoms with E-state index in [1.807, 2.05) is 84.9 Å². The number of benzene rings is 8. The summed E-state index contributed by atoms with van der Waals surface area (Å²) in [5.41, 5.74) is 10.1. The summed E-state index contributed by atoms with van der Waals surface area (Å²) in [5, 5.41) is 9.23. The van der Waals surface area contributed by atoms with Crippen LogP contribution in [-0.2, 0) is 0 Å². The molecule has 1 aliphatic heterocycles. The monoisotopic (exact) mass is 731 g/mol. The fourth-order valence-corrected chi connectivity index (χ4v) is 7.87. The Kier molecular flexibility index (Phi) is 7.78. The third-order valence-corrected chi connectivity index (χ3v) is 10.7. The zero-order chi connectivity index (χ0) is 37.7. The fraction of sp³-hybridized carbons (Fsp3) is 0.0196. The van der Waals surface area contributed by atoms with E-state index in [4.69, 9.17) is 24.7 Å². The van der Waals surface area contributed by atoms with Crippen LogP contribution >= 0.6 is 0 Å². The van der Waals surface area contributed by atoms with Crippen LogP contribution in [0.25, 0.3) is 89.0 Å². The van der Waals surface area contributed by atoms with Crippen LogP contribution in [-0.4, -0.2) is 19.9 Å². The fourth-order valence-electron chi connectivity index (χ4n) is 7.87. The van der Waals surface area contributed by atoms with Crippen LogP contribution in [0.5, 0.6) is 5.75 Å². The Bertz CT molecular complexity index is 3060. The molecule has 2 aromatic heterocycles. The number of pyridine rings is 1. The van der Waals surface area contributed by atoms with Gasteiger partial charge in [-0.1, -0.05) is 158 Å². The Morgan fingerprint density at radius 3 is 1.63 bits per heavy atom. The molecule has 8 aromatic carbocycles. The van der Waals surface area contributed by atoms with Gasteiger partial charge in [-0.3, -0.25) is 0 Å². The molecular formula is C51H33N5O. The molecule has 0 saturated heterocycles. The predicted octanol–water partition coefficient (Wildman–Crippen LogP) is 12.6. The molecule has 57 heavy (non-hydrogen) atoms. The average molecular weight is 732 g/mol. The second-order valence-corrected chi connectivity index (χ2v) is 14.3. The van der Waals surface area contributed by atoms with Crippen molar-refractivity contribution in [3.05, 3.63) is 194 Å². The van der Waals surface area contributed by atoms with E-state index >= 15 is 0 Å². The highest BCUT2D eigenvalue weighted by molar-refractivity contribution is 6.18. The van der Waals surface area contributed by atoms with E-state index in [0.717, 1.165) is 88.5 Å². The van der Waals surface area contributed by atoms with Crippen molar-refractivity contribution in [1.29, 1.82) is 0 Å². The summed E-state index contributed by atoms with van der Waals surface area (Å²) in [5.74, 6) is 2.79. The van der Waals surface area contributed by atoms with Gasteiger partial charge >= 0.3 is 0 Å². The number of para-hydroxylation sites is 1. The van der Waals surface area contributed by atoms with Gasteiger partial charge < -0.3 is 10.1 Å². The molecule has 1 unspecified atom stereocenters. The van der Waals surface area contributed by atoms with Gasteiger partial charge in [0.2, 0.25) is 0 Å². The number of hydrogen-bond donors (Lipinski definition) is 1. The van der Waals surface area contributed by atoms with Crippen molar-refractivity contribution in [2.24, 2.45) is 0 Å². The smallest absolute Gasteiger partial charge is 0.196 e. The minimum atomic E-state index is -0.251. The highest BCUT2D eigenvalue weighted by Crippen LogP contribution is 2.47. The minimum absolute atomic E-state index is 0.251. The lowest BCUT2D eigenvalue weighted by atomic mass is 9.96. The SMILES string of the molecule is c1ccc(-c2nc(-c3ccccc3)nc(-c3ccc4cc(-c5ccc(-c6nc7ccccc7c7c8c(ccc67)OC(c6ccccc6)N8)cc5)ccc4c3)n2)cc1. The van der Waals surface area contributed by atoms with Crippen LogP contribution in [0.2, 0.25) is 0 Å². The van der Waals surface area contributed by atoms with Gasteiger partial charge in [0.25, 0.3) is 0 Å². The Morgan fingerprint density at radius 1 is 0.404 bits per heavy atom. The van der Waals surface area contributed by atoms with Gasteiger partial charge in [-0.15, -0.1) is 0 Å². The molecule has 1 aliphatic rings. The number of aromatic nitrogens is 4. The number of nitrogens with one attached hydrogen (secondary N) is 1. The van der Waals surface area contributed by atoms with Crippen molar-refractivity contribution in [2.45, 2.75) is 6.23 Å². The zero-order valence-electron chi connectivity index (χ0n) is 30.7. The number of anilines is 1. The first kappa shape index (κ1) is 32.7. The quantitative estimate of drug-likeness (QED) is 0.172. The van der Waals surface area contributed by atoms with E-state index < -0.39 is 0 Å². The highest BCUT2D eigenvalue weighted by Gasteiger charge is 2.27. The van der Waals surface area contributed by atoms with E-state index in [-0.39, 0.29) is 6.23 Å². The van der Waals surface area contributed by atoms with Crippen LogP contribution in [0, 0.1) is 0 Å². The molecule has 11 rings (SSSR count). The van der Waals surface area contributed by atoms with E-state index in [0.29, 0.717) is 17.5 Å². The van der Waals surface area contributed by atoms with Crippen LogP contribution in [0.1, 0.15) is 11.8 Å². The molecule has 3 heterocycles. The van der Waals surface area contributed by atoms with Crippen LogP contribution in [0.4, 0.5) is 5.69 Å². The molecule has 6 heteroatoms. The molecule has 0 saturated carbocycles. The Labute approximate surface area is 329 Å². The third kappa shape index (κ3) is 5.92. The lowest BCUT2D eigenvalue weighted by molar-refractivity contribution is 0.260. The topological polar surface area (TPSA) is 72.8 Å². The molecule has 0 fully saturated rings. The maximum Gasteiger partial charge on any atom is 0.196 e. The number of nitrogens with zero attached hydrogens (tertiary/aromatic N) is 4. The molecule has 268 valence electrons. The van der Waals surface area contributed by atoms with Gasteiger partial charge in [0.05, 0.1) is 16.9 Å². The van der Waals surface area contributed by atoms with E-state index in [1.165, 1.54) is 0 Å². The first-order chi connectivity index (χ1) is 28.2. The summed E-state index contributed by atoms with van der Waals surface area (Å²) in [6, 6.07) is 64.7. The standard InChI is InChI=1S/C51H33N5O/c1-4-12-34(13-5-1)48-54-49(35-14-6-2-7-15-35)56-50(55-48)40-27-26-38-30-37(24-25-39(38)31-40)32-20-22-33(23-21-32)46-42-28-29-44-47(45(42)41-18-10-11-19-43(41)52-46)53-51(57-44)36-16-8-3-9-17-36/h1-31,51,53H. The predicted molar refractivity (Wildman–Crippen MR) is 231 cm³/mol. The Morgan fingerprint density at radius 2 is 0.947 bits per heavy atom. The summed E-state index contributed by atoms with van der Waals surface area (Å²) in [4.78, 5) is 19.9. The van der Waals surface area contributed by atoms with Gasteiger partial charge in [0, 0.05) is 44.0 Å². The molecule has 0 aliphatic carbocycles. The highest BCUT2D eigenvalue weighted by atomic mass is 16.5. The Balaban J connectivity index is 0.931. The Hall–Kier alpha value is -7.70. The molecule has 0 amide bonds. The summed E-state index contributed by atoms with van der Waals surface area (Å²) in [6.45, 7) is 0. The van der Waals surface area contributed by atoms with E-state index in [2.05, 4.69) is 108 Å². The van der Waals surface area contributed by atoms with Gasteiger partial charge in [-0.25, -0.2) is 19.9 Å². The summed E-state index contributed by atoms with van der Waals surface area (Å²) >= 11 is 0. The third-order valence-electron chi connectivity index (χ3n) is 10.7. The number of ether oxygens (including phenoxy) is 1. The minimum Gasteiger partial charge on any atom is -0.464 e. The lowest BCUT2D eigenvalue weighted by Gasteiger charge is -2.13. The van der Waals surface area contributed by atoms with E-state index in [9.17, 15) is 0 Å². The van der Waals surface area contributed by atoms with Crippen LogP contribution < -0.4 is 10.1 Å². The van der Waals surface area contributed by atoms with Crippen molar-refractivity contribution in [3.8, 4) is 62.3 Å².